The molecule has 0 aliphatic carbocycles. The van der Waals surface area contributed by atoms with Gasteiger partial charge in [-0.1, -0.05) is 13.8 Å². The Balaban J connectivity index is 0.000000461. The quantitative estimate of drug-likeness (QED) is 0.622. The van der Waals surface area contributed by atoms with E-state index in [0.717, 1.165) is 10.9 Å². The molecule has 1 heterocycles. The number of H-pyrrole nitrogens is 1. The first-order chi connectivity index (χ1) is 6.81. The third-order valence-electron chi connectivity index (χ3n) is 1.83. The molecule has 2 aromatic rings. The Bertz CT molecular complexity index is 463. The number of nitriles is 1. The number of fused-ring (bicyclic) bond motifs is 1. The highest BCUT2D eigenvalue weighted by atomic mass is 14.7. The van der Waals surface area contributed by atoms with Gasteiger partial charge in [0.05, 0.1) is 5.56 Å². The van der Waals surface area contributed by atoms with E-state index in [0.29, 0.717) is 11.3 Å². The number of anilines is 1. The van der Waals surface area contributed by atoms with Gasteiger partial charge in [0.1, 0.15) is 6.07 Å². The average Bonchev–Trinajstić information content (AvgIpc) is 2.63. The summed E-state index contributed by atoms with van der Waals surface area (Å²) < 4.78 is 0. The van der Waals surface area contributed by atoms with Crippen LogP contribution < -0.4 is 5.73 Å². The number of benzene rings is 1. The SMILES string of the molecule is CC.N#Cc1c[nH]c2ccc(N)cc12. The second kappa shape index (κ2) is 4.33. The maximum absolute atomic E-state index is 8.70. The lowest BCUT2D eigenvalue weighted by Gasteiger charge is -1.92. The molecule has 0 amide bonds. The van der Waals surface area contributed by atoms with Crippen LogP contribution in [0.5, 0.6) is 0 Å². The molecule has 0 unspecified atom stereocenters. The second-order valence-electron chi connectivity index (χ2n) is 2.62. The highest BCUT2D eigenvalue weighted by Gasteiger charge is 2.01. The average molecular weight is 187 g/mol. The van der Waals surface area contributed by atoms with Crippen LogP contribution in [0.1, 0.15) is 19.4 Å². The molecule has 0 bridgehead atoms. The lowest BCUT2D eigenvalue weighted by atomic mass is 10.2. The number of rotatable bonds is 0. The minimum Gasteiger partial charge on any atom is -0.399 e. The van der Waals surface area contributed by atoms with E-state index < -0.39 is 0 Å². The molecule has 0 aliphatic heterocycles. The molecule has 2 rings (SSSR count). The number of hydrogen-bond donors (Lipinski definition) is 2. The van der Waals surface area contributed by atoms with Gasteiger partial charge >= 0.3 is 0 Å². The summed E-state index contributed by atoms with van der Waals surface area (Å²) in [4.78, 5) is 2.99. The van der Waals surface area contributed by atoms with E-state index in [1.54, 1.807) is 18.3 Å². The van der Waals surface area contributed by atoms with E-state index in [9.17, 15) is 0 Å². The number of nitrogens with zero attached hydrogens (tertiary/aromatic N) is 1. The van der Waals surface area contributed by atoms with Crippen LogP contribution in [-0.4, -0.2) is 4.98 Å². The molecule has 3 heteroatoms. The van der Waals surface area contributed by atoms with Crippen molar-refractivity contribution in [3.8, 4) is 6.07 Å². The summed E-state index contributed by atoms with van der Waals surface area (Å²) in [6.07, 6.45) is 1.68. The summed E-state index contributed by atoms with van der Waals surface area (Å²) in [7, 11) is 0. The number of nitrogens with one attached hydrogen (secondary N) is 1. The van der Waals surface area contributed by atoms with Crippen molar-refractivity contribution in [3.05, 3.63) is 30.0 Å². The minimum absolute atomic E-state index is 0.636. The molecule has 0 aliphatic rings. The Hall–Kier alpha value is -1.95. The zero-order valence-electron chi connectivity index (χ0n) is 8.33. The van der Waals surface area contributed by atoms with Crippen molar-refractivity contribution in [3.63, 3.8) is 0 Å². The van der Waals surface area contributed by atoms with Crippen LogP contribution >= 0.6 is 0 Å². The van der Waals surface area contributed by atoms with Gasteiger partial charge in [0.25, 0.3) is 0 Å². The van der Waals surface area contributed by atoms with Crippen molar-refractivity contribution in [2.24, 2.45) is 0 Å². The minimum atomic E-state index is 0.636. The van der Waals surface area contributed by atoms with E-state index in [-0.39, 0.29) is 0 Å². The molecular formula is C11H13N3. The molecule has 3 nitrogen and oxygen atoms in total. The van der Waals surface area contributed by atoms with Gasteiger partial charge in [-0.25, -0.2) is 0 Å². The molecule has 1 aromatic heterocycles. The Labute approximate surface area is 83.2 Å². The smallest absolute Gasteiger partial charge is 0.101 e. The number of hydrogen-bond acceptors (Lipinski definition) is 2. The summed E-state index contributed by atoms with van der Waals surface area (Å²) in [5, 5.41) is 9.59. The van der Waals surface area contributed by atoms with Gasteiger partial charge in [-0.05, 0) is 18.2 Å². The molecule has 0 spiro atoms. The Morgan fingerprint density at radius 1 is 1.36 bits per heavy atom. The van der Waals surface area contributed by atoms with Crippen LogP contribution in [0.25, 0.3) is 10.9 Å². The van der Waals surface area contributed by atoms with Crippen LogP contribution in [-0.2, 0) is 0 Å². The van der Waals surface area contributed by atoms with E-state index >= 15 is 0 Å². The van der Waals surface area contributed by atoms with Crippen molar-refractivity contribution < 1.29 is 0 Å². The number of aromatic amines is 1. The molecule has 0 fully saturated rings. The fraction of sp³-hybridized carbons (Fsp3) is 0.182. The van der Waals surface area contributed by atoms with Crippen LogP contribution in [0.15, 0.2) is 24.4 Å². The molecule has 3 N–H and O–H groups in total. The number of nitrogen functional groups attached to an aromatic ring is 1. The van der Waals surface area contributed by atoms with E-state index in [2.05, 4.69) is 11.1 Å². The van der Waals surface area contributed by atoms with Gasteiger partial charge in [0.2, 0.25) is 0 Å². The fourth-order valence-corrected chi connectivity index (χ4v) is 1.23. The monoisotopic (exact) mass is 187 g/mol. The molecule has 0 radical (unpaired) electrons. The lowest BCUT2D eigenvalue weighted by Crippen LogP contribution is -1.82. The maximum atomic E-state index is 8.70. The normalized spacial score (nSPS) is 8.93. The van der Waals surface area contributed by atoms with E-state index in [4.69, 9.17) is 11.0 Å². The van der Waals surface area contributed by atoms with Crippen molar-refractivity contribution >= 4 is 16.6 Å². The van der Waals surface area contributed by atoms with Crippen LogP contribution in [0.2, 0.25) is 0 Å². The van der Waals surface area contributed by atoms with Crippen LogP contribution in [0.4, 0.5) is 5.69 Å². The predicted octanol–water partition coefficient (Wildman–Crippen LogP) is 2.65. The molecule has 0 saturated carbocycles. The van der Waals surface area contributed by atoms with Gasteiger partial charge in [0.15, 0.2) is 0 Å². The Morgan fingerprint density at radius 3 is 2.71 bits per heavy atom. The lowest BCUT2D eigenvalue weighted by molar-refractivity contribution is 1.45. The first kappa shape index (κ1) is 10.1. The third kappa shape index (κ3) is 1.69. The fourth-order valence-electron chi connectivity index (χ4n) is 1.23. The summed E-state index contributed by atoms with van der Waals surface area (Å²) in [5.74, 6) is 0. The zero-order chi connectivity index (χ0) is 10.6. The van der Waals surface area contributed by atoms with Gasteiger partial charge in [-0.15, -0.1) is 0 Å². The van der Waals surface area contributed by atoms with E-state index in [1.165, 1.54) is 0 Å². The molecule has 72 valence electrons. The van der Waals surface area contributed by atoms with Gasteiger partial charge in [-0.3, -0.25) is 0 Å². The number of aromatic nitrogens is 1. The number of nitrogens with two attached hydrogens (primary N) is 1. The summed E-state index contributed by atoms with van der Waals surface area (Å²) >= 11 is 0. The van der Waals surface area contributed by atoms with Crippen LogP contribution in [0, 0.1) is 11.3 Å². The van der Waals surface area contributed by atoms with E-state index in [1.807, 2.05) is 19.9 Å². The first-order valence-corrected chi connectivity index (χ1v) is 4.58. The molecule has 14 heavy (non-hydrogen) atoms. The largest absolute Gasteiger partial charge is 0.399 e. The van der Waals surface area contributed by atoms with Crippen molar-refractivity contribution in [2.45, 2.75) is 13.8 Å². The van der Waals surface area contributed by atoms with Crippen molar-refractivity contribution in [1.29, 1.82) is 5.26 Å². The second-order valence-corrected chi connectivity index (χ2v) is 2.62. The highest BCUT2D eigenvalue weighted by Crippen LogP contribution is 2.19. The summed E-state index contributed by atoms with van der Waals surface area (Å²) in [6, 6.07) is 7.56. The first-order valence-electron chi connectivity index (χ1n) is 4.58. The van der Waals surface area contributed by atoms with Gasteiger partial charge in [-0.2, -0.15) is 5.26 Å². The molecule has 0 atom stereocenters. The van der Waals surface area contributed by atoms with Gasteiger partial charge in [0, 0.05) is 22.8 Å². The Morgan fingerprint density at radius 2 is 2.07 bits per heavy atom. The maximum Gasteiger partial charge on any atom is 0.101 e. The van der Waals surface area contributed by atoms with Gasteiger partial charge < -0.3 is 10.7 Å². The molecule has 0 saturated heterocycles. The predicted molar refractivity (Wildman–Crippen MR) is 58.8 cm³/mol. The highest BCUT2D eigenvalue weighted by molar-refractivity contribution is 5.88. The van der Waals surface area contributed by atoms with Crippen LogP contribution in [0.3, 0.4) is 0 Å². The summed E-state index contributed by atoms with van der Waals surface area (Å²) in [5.41, 5.74) is 7.84. The zero-order valence-corrected chi connectivity index (χ0v) is 8.33. The third-order valence-corrected chi connectivity index (χ3v) is 1.83. The molecular weight excluding hydrogens is 174 g/mol. The Kier molecular flexibility index (Phi) is 3.14. The molecule has 1 aromatic carbocycles. The van der Waals surface area contributed by atoms with Crippen molar-refractivity contribution in [2.75, 3.05) is 5.73 Å². The topological polar surface area (TPSA) is 65.6 Å². The van der Waals surface area contributed by atoms with Crippen molar-refractivity contribution in [1.82, 2.24) is 4.98 Å². The standard InChI is InChI=1S/C9H7N3.C2H6/c10-4-6-5-12-9-2-1-7(11)3-8(6)9;1-2/h1-3,5,12H,11H2;1-2H3. The summed E-state index contributed by atoms with van der Waals surface area (Å²) in [6.45, 7) is 4.00.